The third-order valence-electron chi connectivity index (χ3n) is 3.24. The van der Waals surface area contributed by atoms with Crippen molar-refractivity contribution in [2.24, 2.45) is 0 Å². The third kappa shape index (κ3) is 2.04. The highest BCUT2D eigenvalue weighted by molar-refractivity contribution is 5.30. The van der Waals surface area contributed by atoms with E-state index >= 15 is 0 Å². The van der Waals surface area contributed by atoms with Crippen LogP contribution in [-0.2, 0) is 12.1 Å². The summed E-state index contributed by atoms with van der Waals surface area (Å²) in [5.74, 6) is 0.201. The van der Waals surface area contributed by atoms with Crippen LogP contribution in [0.2, 0.25) is 0 Å². The van der Waals surface area contributed by atoms with E-state index in [1.54, 1.807) is 18.3 Å². The highest BCUT2D eigenvalue weighted by Gasteiger charge is 2.34. The quantitative estimate of drug-likeness (QED) is 0.903. The largest absolute Gasteiger partial charge is 0.377 e. The van der Waals surface area contributed by atoms with Gasteiger partial charge < -0.3 is 9.67 Å². The topological polar surface area (TPSA) is 38.0 Å². The zero-order valence-electron chi connectivity index (χ0n) is 10.6. The van der Waals surface area contributed by atoms with Crippen molar-refractivity contribution < 1.29 is 9.50 Å². The molecule has 0 aliphatic rings. The van der Waals surface area contributed by atoms with E-state index in [0.717, 1.165) is 0 Å². The van der Waals surface area contributed by atoms with Crippen LogP contribution in [0.3, 0.4) is 0 Å². The van der Waals surface area contributed by atoms with E-state index in [9.17, 15) is 9.50 Å². The first kappa shape index (κ1) is 12.8. The fourth-order valence-corrected chi connectivity index (χ4v) is 2.17. The van der Waals surface area contributed by atoms with Crippen LogP contribution in [-0.4, -0.2) is 14.7 Å². The predicted molar refractivity (Wildman–Crippen MR) is 67.6 cm³/mol. The summed E-state index contributed by atoms with van der Waals surface area (Å²) in [5, 5.41) is 10.8. The van der Waals surface area contributed by atoms with Crippen molar-refractivity contribution in [1.82, 2.24) is 9.55 Å². The Morgan fingerprint density at radius 3 is 2.78 bits per heavy atom. The molecule has 2 rings (SSSR count). The van der Waals surface area contributed by atoms with Crippen molar-refractivity contribution >= 4 is 0 Å². The highest BCUT2D eigenvalue weighted by Crippen LogP contribution is 2.32. The molecular formula is C14H17FN2O. The number of halogens is 1. The van der Waals surface area contributed by atoms with Crippen LogP contribution in [0.1, 0.15) is 31.7 Å². The fraction of sp³-hybridized carbons (Fsp3) is 0.357. The van der Waals surface area contributed by atoms with Gasteiger partial charge >= 0.3 is 0 Å². The first-order chi connectivity index (χ1) is 8.61. The number of benzene rings is 1. The number of rotatable bonds is 4. The van der Waals surface area contributed by atoms with E-state index in [4.69, 9.17) is 0 Å². The number of nitrogens with zero attached hydrogens (tertiary/aromatic N) is 2. The van der Waals surface area contributed by atoms with Gasteiger partial charge in [0.2, 0.25) is 0 Å². The number of aromatic nitrogens is 2. The van der Waals surface area contributed by atoms with Gasteiger partial charge in [0.25, 0.3) is 0 Å². The van der Waals surface area contributed by atoms with Crippen molar-refractivity contribution in [1.29, 1.82) is 0 Å². The van der Waals surface area contributed by atoms with E-state index in [1.807, 2.05) is 24.6 Å². The fourth-order valence-electron chi connectivity index (χ4n) is 2.17. The normalized spacial score (nSPS) is 14.4. The summed E-state index contributed by atoms with van der Waals surface area (Å²) in [5.41, 5.74) is -0.715. The second-order valence-electron chi connectivity index (χ2n) is 4.26. The smallest absolute Gasteiger partial charge is 0.147 e. The van der Waals surface area contributed by atoms with E-state index in [-0.39, 0.29) is 5.82 Å². The zero-order chi connectivity index (χ0) is 13.2. The molecule has 18 heavy (non-hydrogen) atoms. The van der Waals surface area contributed by atoms with Crippen molar-refractivity contribution in [3.05, 3.63) is 53.9 Å². The lowest BCUT2D eigenvalue weighted by atomic mass is 9.90. The molecule has 0 amide bonds. The van der Waals surface area contributed by atoms with Crippen LogP contribution in [0.4, 0.5) is 4.39 Å². The van der Waals surface area contributed by atoms with Crippen molar-refractivity contribution in [3.8, 4) is 0 Å². The van der Waals surface area contributed by atoms with Gasteiger partial charge in [-0.3, -0.25) is 0 Å². The molecule has 1 heterocycles. The van der Waals surface area contributed by atoms with Gasteiger partial charge in [0.15, 0.2) is 0 Å². The van der Waals surface area contributed by atoms with Gasteiger partial charge in [0.1, 0.15) is 17.2 Å². The summed E-state index contributed by atoms with van der Waals surface area (Å²) in [6.45, 7) is 4.55. The molecule has 0 saturated heterocycles. The van der Waals surface area contributed by atoms with Gasteiger partial charge in [-0.1, -0.05) is 19.1 Å². The molecule has 0 fully saturated rings. The lowest BCUT2D eigenvalue weighted by molar-refractivity contribution is 0.0629. The summed E-state index contributed by atoms with van der Waals surface area (Å²) < 4.78 is 15.2. The monoisotopic (exact) mass is 248 g/mol. The van der Waals surface area contributed by atoms with Crippen molar-refractivity contribution in [3.63, 3.8) is 0 Å². The molecule has 0 aliphatic heterocycles. The second kappa shape index (κ2) is 4.90. The predicted octanol–water partition coefficient (Wildman–Crippen LogP) is 2.69. The number of hydrogen-bond acceptors (Lipinski definition) is 2. The van der Waals surface area contributed by atoms with Crippen LogP contribution in [0.25, 0.3) is 0 Å². The standard InChI is InChI=1S/C14H17FN2O/c1-3-14(18,11-6-5-7-12(15)10-11)13-16-8-9-17(13)4-2/h5-10,18H,3-4H2,1-2H3. The van der Waals surface area contributed by atoms with Gasteiger partial charge in [-0.2, -0.15) is 0 Å². The molecule has 1 aromatic carbocycles. The maximum absolute atomic E-state index is 13.3. The molecule has 0 aliphatic carbocycles. The number of imidazole rings is 1. The first-order valence-electron chi connectivity index (χ1n) is 6.11. The number of aliphatic hydroxyl groups is 1. The molecule has 0 bridgehead atoms. The minimum absolute atomic E-state index is 0.353. The summed E-state index contributed by atoms with van der Waals surface area (Å²) in [4.78, 5) is 4.23. The number of hydrogen-bond donors (Lipinski definition) is 1. The highest BCUT2D eigenvalue weighted by atomic mass is 19.1. The van der Waals surface area contributed by atoms with Crippen molar-refractivity contribution in [2.45, 2.75) is 32.4 Å². The molecule has 4 heteroatoms. The van der Waals surface area contributed by atoms with E-state index in [0.29, 0.717) is 24.4 Å². The lowest BCUT2D eigenvalue weighted by Crippen LogP contribution is -2.30. The van der Waals surface area contributed by atoms with Gasteiger partial charge in [-0.05, 0) is 31.0 Å². The Morgan fingerprint density at radius 1 is 1.39 bits per heavy atom. The van der Waals surface area contributed by atoms with Gasteiger partial charge in [0.05, 0.1) is 0 Å². The van der Waals surface area contributed by atoms with Gasteiger partial charge in [-0.15, -0.1) is 0 Å². The molecule has 0 radical (unpaired) electrons. The molecular weight excluding hydrogens is 231 g/mol. The van der Waals surface area contributed by atoms with E-state index < -0.39 is 5.60 Å². The van der Waals surface area contributed by atoms with Crippen molar-refractivity contribution in [2.75, 3.05) is 0 Å². The summed E-state index contributed by atoms with van der Waals surface area (Å²) in [7, 11) is 0. The Hall–Kier alpha value is -1.68. The summed E-state index contributed by atoms with van der Waals surface area (Å²) in [6.07, 6.45) is 3.90. The van der Waals surface area contributed by atoms with E-state index in [2.05, 4.69) is 4.98 Å². The van der Waals surface area contributed by atoms with E-state index in [1.165, 1.54) is 12.1 Å². The molecule has 0 spiro atoms. The Kier molecular flexibility index (Phi) is 3.48. The Balaban J connectivity index is 2.55. The van der Waals surface area contributed by atoms with Crippen LogP contribution in [0.15, 0.2) is 36.7 Å². The number of aryl methyl sites for hydroxylation is 1. The molecule has 2 aromatic rings. The third-order valence-corrected chi connectivity index (χ3v) is 3.24. The maximum Gasteiger partial charge on any atom is 0.147 e. The Morgan fingerprint density at radius 2 is 2.17 bits per heavy atom. The van der Waals surface area contributed by atoms with Gasteiger partial charge in [-0.25, -0.2) is 9.37 Å². The minimum atomic E-state index is -1.25. The average Bonchev–Trinajstić information content (AvgIpc) is 2.86. The first-order valence-corrected chi connectivity index (χ1v) is 6.11. The lowest BCUT2D eigenvalue weighted by Gasteiger charge is -2.27. The Labute approximate surface area is 106 Å². The average molecular weight is 248 g/mol. The molecule has 0 saturated carbocycles. The molecule has 96 valence electrons. The van der Waals surface area contributed by atoms with Crippen LogP contribution >= 0.6 is 0 Å². The van der Waals surface area contributed by atoms with Crippen LogP contribution in [0, 0.1) is 5.82 Å². The molecule has 1 atom stereocenters. The van der Waals surface area contributed by atoms with Crippen LogP contribution in [0.5, 0.6) is 0 Å². The zero-order valence-corrected chi connectivity index (χ0v) is 10.6. The summed E-state index contributed by atoms with van der Waals surface area (Å²) >= 11 is 0. The SMILES string of the molecule is CCn1ccnc1C(O)(CC)c1cccc(F)c1. The molecule has 3 nitrogen and oxygen atoms in total. The maximum atomic E-state index is 13.3. The van der Waals surface area contributed by atoms with Crippen LogP contribution < -0.4 is 0 Å². The summed E-state index contributed by atoms with van der Waals surface area (Å²) in [6, 6.07) is 6.05. The molecule has 1 aromatic heterocycles. The second-order valence-corrected chi connectivity index (χ2v) is 4.26. The Bertz CT molecular complexity index is 538. The minimum Gasteiger partial charge on any atom is -0.377 e. The molecule has 1 N–H and O–H groups in total. The van der Waals surface area contributed by atoms with Gasteiger partial charge in [0, 0.05) is 18.9 Å². The molecule has 1 unspecified atom stereocenters.